The summed E-state index contributed by atoms with van der Waals surface area (Å²) in [5.41, 5.74) is -1.55. The quantitative estimate of drug-likeness (QED) is 0.677. The van der Waals surface area contributed by atoms with Gasteiger partial charge in [0.25, 0.3) is 0 Å². The summed E-state index contributed by atoms with van der Waals surface area (Å²) in [4.78, 5) is 11.4. The Labute approximate surface area is 89.8 Å². The zero-order chi connectivity index (χ0) is 11.7. The molecule has 1 aliphatic rings. The van der Waals surface area contributed by atoms with Crippen LogP contribution in [0, 0.1) is 0 Å². The number of carbonyl (C=O) groups is 1. The molecule has 88 valence electrons. The maximum Gasteiger partial charge on any atom is 0.408 e. The van der Waals surface area contributed by atoms with E-state index in [0.717, 1.165) is 0 Å². The van der Waals surface area contributed by atoms with E-state index in [0.29, 0.717) is 6.61 Å². The SMILES string of the molecule is CC(C)(C)OC(=O)N[C@@H]1COC[C@]1(C)O. The number of aliphatic hydroxyl groups is 1. The smallest absolute Gasteiger partial charge is 0.408 e. The molecule has 15 heavy (non-hydrogen) atoms. The summed E-state index contributed by atoms with van der Waals surface area (Å²) in [6, 6.07) is -0.410. The summed E-state index contributed by atoms with van der Waals surface area (Å²) in [6.07, 6.45) is -0.529. The highest BCUT2D eigenvalue weighted by atomic mass is 16.6. The Morgan fingerprint density at radius 1 is 1.60 bits per heavy atom. The Morgan fingerprint density at radius 3 is 2.60 bits per heavy atom. The van der Waals surface area contributed by atoms with E-state index in [4.69, 9.17) is 9.47 Å². The fraction of sp³-hybridized carbons (Fsp3) is 0.900. The highest BCUT2D eigenvalue weighted by Crippen LogP contribution is 2.18. The molecule has 0 bridgehead atoms. The Balaban J connectivity index is 2.45. The number of alkyl carbamates (subject to hydrolysis) is 1. The first kappa shape index (κ1) is 12.3. The number of carbonyl (C=O) groups excluding carboxylic acids is 1. The van der Waals surface area contributed by atoms with E-state index < -0.39 is 23.3 Å². The highest BCUT2D eigenvalue weighted by Gasteiger charge is 2.39. The lowest BCUT2D eigenvalue weighted by atomic mass is 10.0. The van der Waals surface area contributed by atoms with Crippen LogP contribution in [0.2, 0.25) is 0 Å². The largest absolute Gasteiger partial charge is 0.444 e. The molecule has 0 radical (unpaired) electrons. The second-order valence-corrected chi connectivity index (χ2v) is 5.07. The molecule has 5 nitrogen and oxygen atoms in total. The minimum Gasteiger partial charge on any atom is -0.444 e. The average Bonchev–Trinajstić information content (AvgIpc) is 2.26. The average molecular weight is 217 g/mol. The van der Waals surface area contributed by atoms with Crippen molar-refractivity contribution >= 4 is 6.09 Å². The van der Waals surface area contributed by atoms with Crippen molar-refractivity contribution in [2.24, 2.45) is 0 Å². The van der Waals surface area contributed by atoms with Crippen LogP contribution >= 0.6 is 0 Å². The van der Waals surface area contributed by atoms with Crippen LogP contribution in [-0.4, -0.2) is 41.7 Å². The molecule has 1 heterocycles. The first-order chi connectivity index (χ1) is 6.71. The predicted molar refractivity (Wildman–Crippen MR) is 54.6 cm³/mol. The van der Waals surface area contributed by atoms with Gasteiger partial charge in [-0.15, -0.1) is 0 Å². The van der Waals surface area contributed by atoms with Gasteiger partial charge in [0, 0.05) is 0 Å². The normalized spacial score (nSPS) is 31.4. The number of ether oxygens (including phenoxy) is 2. The molecule has 2 atom stereocenters. The van der Waals surface area contributed by atoms with Gasteiger partial charge in [-0.2, -0.15) is 0 Å². The van der Waals surface area contributed by atoms with Gasteiger partial charge in [0.1, 0.15) is 11.2 Å². The first-order valence-electron chi connectivity index (χ1n) is 5.00. The first-order valence-corrected chi connectivity index (χ1v) is 5.00. The van der Waals surface area contributed by atoms with Crippen LogP contribution in [0.3, 0.4) is 0 Å². The third kappa shape index (κ3) is 3.68. The van der Waals surface area contributed by atoms with Crippen molar-refractivity contribution in [2.75, 3.05) is 13.2 Å². The molecular weight excluding hydrogens is 198 g/mol. The number of hydrogen-bond donors (Lipinski definition) is 2. The summed E-state index contributed by atoms with van der Waals surface area (Å²) < 4.78 is 10.2. The molecule has 0 aromatic carbocycles. The molecule has 5 heteroatoms. The lowest BCUT2D eigenvalue weighted by molar-refractivity contribution is 0.0183. The third-order valence-corrected chi connectivity index (χ3v) is 2.12. The van der Waals surface area contributed by atoms with E-state index in [1.54, 1.807) is 27.7 Å². The molecule has 0 saturated carbocycles. The van der Waals surface area contributed by atoms with Crippen LogP contribution in [0.5, 0.6) is 0 Å². The Bertz CT molecular complexity index is 244. The van der Waals surface area contributed by atoms with Crippen molar-refractivity contribution in [1.29, 1.82) is 0 Å². The van der Waals surface area contributed by atoms with Gasteiger partial charge in [-0.1, -0.05) is 0 Å². The predicted octanol–water partition coefficient (Wildman–Crippen LogP) is 0.661. The van der Waals surface area contributed by atoms with E-state index in [9.17, 15) is 9.90 Å². The summed E-state index contributed by atoms with van der Waals surface area (Å²) in [7, 11) is 0. The zero-order valence-electron chi connectivity index (χ0n) is 9.66. The standard InChI is InChI=1S/C10H19NO4/c1-9(2,3)15-8(12)11-7-5-14-6-10(7,4)13/h7,13H,5-6H2,1-4H3,(H,11,12)/t7-,10+/m1/s1. The number of hydrogen-bond acceptors (Lipinski definition) is 4. The van der Waals surface area contributed by atoms with Gasteiger partial charge in [0.05, 0.1) is 19.3 Å². The molecule has 2 N–H and O–H groups in total. The van der Waals surface area contributed by atoms with Gasteiger partial charge in [-0.3, -0.25) is 0 Å². The molecular formula is C10H19NO4. The van der Waals surface area contributed by atoms with Crippen molar-refractivity contribution in [3.8, 4) is 0 Å². The van der Waals surface area contributed by atoms with Gasteiger partial charge < -0.3 is 19.9 Å². The topological polar surface area (TPSA) is 67.8 Å². The number of rotatable bonds is 1. The molecule has 1 saturated heterocycles. The molecule has 0 aromatic heterocycles. The van der Waals surface area contributed by atoms with E-state index >= 15 is 0 Å². The molecule has 1 rings (SSSR count). The summed E-state index contributed by atoms with van der Waals surface area (Å²) in [5.74, 6) is 0. The molecule has 0 aromatic rings. The Kier molecular flexibility index (Phi) is 3.25. The van der Waals surface area contributed by atoms with E-state index in [2.05, 4.69) is 5.32 Å². The second kappa shape index (κ2) is 3.98. The van der Waals surface area contributed by atoms with Crippen LogP contribution in [0.4, 0.5) is 4.79 Å². The van der Waals surface area contributed by atoms with Gasteiger partial charge in [-0.25, -0.2) is 4.79 Å². The monoisotopic (exact) mass is 217 g/mol. The highest BCUT2D eigenvalue weighted by molar-refractivity contribution is 5.68. The van der Waals surface area contributed by atoms with Crippen LogP contribution < -0.4 is 5.32 Å². The van der Waals surface area contributed by atoms with E-state index in [-0.39, 0.29) is 6.61 Å². The van der Waals surface area contributed by atoms with Crippen molar-refractivity contribution in [3.05, 3.63) is 0 Å². The second-order valence-electron chi connectivity index (χ2n) is 5.07. The van der Waals surface area contributed by atoms with Crippen LogP contribution in [0.25, 0.3) is 0 Å². The minimum absolute atomic E-state index is 0.230. The zero-order valence-corrected chi connectivity index (χ0v) is 9.66. The number of amides is 1. The molecule has 1 amide bonds. The van der Waals surface area contributed by atoms with Crippen molar-refractivity contribution in [2.45, 2.75) is 44.9 Å². The third-order valence-electron chi connectivity index (χ3n) is 2.12. The summed E-state index contributed by atoms with van der Waals surface area (Å²) in [6.45, 7) is 7.53. The van der Waals surface area contributed by atoms with Gasteiger partial charge >= 0.3 is 6.09 Å². The van der Waals surface area contributed by atoms with Crippen molar-refractivity contribution < 1.29 is 19.4 Å². The molecule has 0 aliphatic carbocycles. The van der Waals surface area contributed by atoms with Gasteiger partial charge in [0.15, 0.2) is 0 Å². The minimum atomic E-state index is -1.02. The maximum atomic E-state index is 11.4. The Hall–Kier alpha value is -0.810. The van der Waals surface area contributed by atoms with Gasteiger partial charge in [0.2, 0.25) is 0 Å². The fourth-order valence-corrected chi connectivity index (χ4v) is 1.31. The molecule has 1 aliphatic heterocycles. The summed E-state index contributed by atoms with van der Waals surface area (Å²) >= 11 is 0. The molecule has 1 fully saturated rings. The molecule has 0 spiro atoms. The van der Waals surface area contributed by atoms with Crippen LogP contribution in [0.15, 0.2) is 0 Å². The number of nitrogens with one attached hydrogen (secondary N) is 1. The van der Waals surface area contributed by atoms with Crippen LogP contribution in [-0.2, 0) is 9.47 Å². The van der Waals surface area contributed by atoms with E-state index in [1.807, 2.05) is 0 Å². The summed E-state index contributed by atoms with van der Waals surface area (Å²) in [5, 5.41) is 12.4. The maximum absolute atomic E-state index is 11.4. The van der Waals surface area contributed by atoms with Gasteiger partial charge in [-0.05, 0) is 27.7 Å². The lowest BCUT2D eigenvalue weighted by Crippen LogP contribution is -2.51. The molecule has 0 unspecified atom stereocenters. The van der Waals surface area contributed by atoms with Crippen molar-refractivity contribution in [1.82, 2.24) is 5.32 Å². The lowest BCUT2D eigenvalue weighted by Gasteiger charge is -2.26. The Morgan fingerprint density at radius 2 is 2.20 bits per heavy atom. The van der Waals surface area contributed by atoms with Crippen molar-refractivity contribution in [3.63, 3.8) is 0 Å². The fourth-order valence-electron chi connectivity index (χ4n) is 1.31. The van der Waals surface area contributed by atoms with Crippen LogP contribution in [0.1, 0.15) is 27.7 Å². The van der Waals surface area contributed by atoms with E-state index in [1.165, 1.54) is 0 Å².